The summed E-state index contributed by atoms with van der Waals surface area (Å²) in [5.74, 6) is -1.39. The molecule has 0 aliphatic carbocycles. The topological polar surface area (TPSA) is 108 Å². The first-order valence-electron chi connectivity index (χ1n) is 13.4. The fraction of sp³-hybridized carbons (Fsp3) is 0.323. The summed E-state index contributed by atoms with van der Waals surface area (Å²) < 4.78 is 4.46. The zero-order chi connectivity index (χ0) is 27.9. The van der Waals surface area contributed by atoms with Gasteiger partial charge in [-0.2, -0.15) is 0 Å². The van der Waals surface area contributed by atoms with Crippen molar-refractivity contribution >= 4 is 40.9 Å². The number of hydrogen-bond donors (Lipinski definition) is 3. The molecule has 2 bridgehead atoms. The predicted molar refractivity (Wildman–Crippen MR) is 154 cm³/mol. The lowest BCUT2D eigenvalue weighted by Gasteiger charge is -2.37. The van der Waals surface area contributed by atoms with Crippen LogP contribution in [0.15, 0.2) is 84.9 Å². The van der Waals surface area contributed by atoms with Crippen molar-refractivity contribution in [2.75, 3.05) is 24.4 Å². The Hall–Kier alpha value is -3.82. The Morgan fingerprint density at radius 3 is 2.25 bits per heavy atom. The first kappa shape index (κ1) is 26.4. The molecule has 3 aliphatic heterocycles. The number of nitrogens with zero attached hydrogens (tertiary/aromatic N) is 1. The number of ether oxygens (including phenoxy) is 1. The number of amides is 3. The molecular formula is C31H31N3O5S. The normalized spacial score (nSPS) is 27.2. The third-order valence-corrected chi connectivity index (χ3v) is 10.3. The van der Waals surface area contributed by atoms with Crippen LogP contribution in [0.2, 0.25) is 0 Å². The Balaban J connectivity index is 1.38. The Labute approximate surface area is 237 Å². The molecule has 3 fully saturated rings. The van der Waals surface area contributed by atoms with Gasteiger partial charge in [-0.15, -0.1) is 11.8 Å². The number of benzene rings is 3. The molecule has 0 radical (unpaired) electrons. The molecular weight excluding hydrogens is 526 g/mol. The molecule has 9 heteroatoms. The summed E-state index contributed by atoms with van der Waals surface area (Å²) in [7, 11) is 1.58. The fourth-order valence-corrected chi connectivity index (χ4v) is 8.89. The number of thioether (sulfide) groups is 1. The number of likely N-dealkylation sites (tertiary alicyclic amines) is 1. The van der Waals surface area contributed by atoms with Gasteiger partial charge in [-0.1, -0.05) is 48.5 Å². The Kier molecular flexibility index (Phi) is 7.02. The monoisotopic (exact) mass is 557 g/mol. The number of methoxy groups -OCH3 is 1. The van der Waals surface area contributed by atoms with E-state index in [1.165, 1.54) is 0 Å². The summed E-state index contributed by atoms with van der Waals surface area (Å²) in [5, 5.41) is 16.5. The van der Waals surface area contributed by atoms with E-state index in [-0.39, 0.29) is 29.6 Å². The van der Waals surface area contributed by atoms with E-state index in [2.05, 4.69) is 10.6 Å². The third-order valence-electron chi connectivity index (χ3n) is 8.38. The van der Waals surface area contributed by atoms with Crippen LogP contribution in [-0.2, 0) is 14.4 Å². The minimum absolute atomic E-state index is 0.0691. The number of rotatable bonds is 8. The van der Waals surface area contributed by atoms with Crippen molar-refractivity contribution in [2.45, 2.75) is 34.9 Å². The molecule has 3 aromatic rings. The van der Waals surface area contributed by atoms with Gasteiger partial charge in [-0.25, -0.2) is 0 Å². The van der Waals surface area contributed by atoms with E-state index in [0.717, 1.165) is 12.0 Å². The molecule has 206 valence electrons. The van der Waals surface area contributed by atoms with Gasteiger partial charge in [0, 0.05) is 16.6 Å². The summed E-state index contributed by atoms with van der Waals surface area (Å²) in [6.07, 6.45) is 1.37. The second-order valence-corrected chi connectivity index (χ2v) is 12.1. The maximum atomic E-state index is 14.4. The van der Waals surface area contributed by atoms with Crippen molar-refractivity contribution in [1.29, 1.82) is 0 Å². The Morgan fingerprint density at radius 2 is 1.60 bits per heavy atom. The minimum Gasteiger partial charge on any atom is -0.497 e. The van der Waals surface area contributed by atoms with Crippen molar-refractivity contribution in [3.05, 3.63) is 90.5 Å². The highest BCUT2D eigenvalue weighted by molar-refractivity contribution is 8.02. The molecule has 3 amide bonds. The summed E-state index contributed by atoms with van der Waals surface area (Å²) >= 11 is 1.59. The molecule has 3 heterocycles. The lowest BCUT2D eigenvalue weighted by Crippen LogP contribution is -2.52. The molecule has 3 N–H and O–H groups in total. The number of aliphatic hydroxyl groups excluding tert-OH is 1. The zero-order valence-electron chi connectivity index (χ0n) is 22.0. The van der Waals surface area contributed by atoms with Crippen molar-refractivity contribution in [3.8, 4) is 5.75 Å². The van der Waals surface area contributed by atoms with Gasteiger partial charge < -0.3 is 25.4 Å². The van der Waals surface area contributed by atoms with Crippen LogP contribution >= 0.6 is 11.8 Å². The Morgan fingerprint density at radius 1 is 0.975 bits per heavy atom. The number of hydrogen-bond acceptors (Lipinski definition) is 6. The largest absolute Gasteiger partial charge is 0.497 e. The lowest BCUT2D eigenvalue weighted by atomic mass is 9.70. The smallest absolute Gasteiger partial charge is 0.248 e. The highest BCUT2D eigenvalue weighted by atomic mass is 32.2. The first-order valence-corrected chi connectivity index (χ1v) is 14.3. The van der Waals surface area contributed by atoms with E-state index < -0.39 is 28.7 Å². The predicted octanol–water partition coefficient (Wildman–Crippen LogP) is 4.10. The molecule has 3 aromatic carbocycles. The van der Waals surface area contributed by atoms with Crippen molar-refractivity contribution in [3.63, 3.8) is 0 Å². The van der Waals surface area contributed by atoms with Crippen LogP contribution in [0.4, 0.5) is 11.4 Å². The minimum atomic E-state index is -0.867. The molecule has 0 saturated carbocycles. The van der Waals surface area contributed by atoms with Crippen LogP contribution in [0.3, 0.4) is 0 Å². The van der Waals surface area contributed by atoms with Crippen LogP contribution in [0, 0.1) is 11.8 Å². The number of carbonyl (C=O) groups excluding carboxylic acids is 3. The van der Waals surface area contributed by atoms with Crippen LogP contribution in [0.25, 0.3) is 0 Å². The number of anilines is 2. The molecule has 6 rings (SSSR count). The van der Waals surface area contributed by atoms with E-state index in [4.69, 9.17) is 4.74 Å². The van der Waals surface area contributed by atoms with Gasteiger partial charge in [0.15, 0.2) is 0 Å². The standard InChI is InChI=1S/C31H31N3O5S/c1-39-22-14-12-21(13-15-22)33-29(37)27-31-17-16-24(40-31)25(28(36)32-20-10-6-3-7-11-20)26(31)30(38)34(27)23(18-35)19-8-4-2-5-9-19/h2-15,23-27,35H,16-18H2,1H3,(H,32,36)(H,33,37)/t23-,24-,25+,26+,27?,31?/m1/s1. The fourth-order valence-electron chi connectivity index (χ4n) is 6.69. The van der Waals surface area contributed by atoms with Crippen LogP contribution in [-0.4, -0.2) is 57.5 Å². The van der Waals surface area contributed by atoms with Gasteiger partial charge in [0.05, 0.1) is 36.3 Å². The van der Waals surface area contributed by atoms with E-state index in [1.54, 1.807) is 48.0 Å². The third kappa shape index (κ3) is 4.33. The summed E-state index contributed by atoms with van der Waals surface area (Å²) in [4.78, 5) is 43.8. The average Bonchev–Trinajstić information content (AvgIpc) is 3.63. The molecule has 3 aliphatic rings. The average molecular weight is 558 g/mol. The molecule has 3 saturated heterocycles. The molecule has 0 aromatic heterocycles. The van der Waals surface area contributed by atoms with E-state index in [9.17, 15) is 19.5 Å². The molecule has 40 heavy (non-hydrogen) atoms. The molecule has 6 atom stereocenters. The van der Waals surface area contributed by atoms with Crippen molar-refractivity contribution in [1.82, 2.24) is 4.90 Å². The lowest BCUT2D eigenvalue weighted by molar-refractivity contribution is -0.141. The maximum absolute atomic E-state index is 14.4. The first-order chi connectivity index (χ1) is 19.5. The van der Waals surface area contributed by atoms with Gasteiger partial charge in [-0.05, 0) is 54.8 Å². The molecule has 8 nitrogen and oxygen atoms in total. The highest BCUT2D eigenvalue weighted by Crippen LogP contribution is 2.67. The van der Waals surface area contributed by atoms with E-state index >= 15 is 0 Å². The quantitative estimate of drug-likeness (QED) is 0.385. The van der Waals surface area contributed by atoms with Crippen molar-refractivity contribution < 1.29 is 24.2 Å². The maximum Gasteiger partial charge on any atom is 0.248 e. The van der Waals surface area contributed by atoms with Crippen molar-refractivity contribution in [2.24, 2.45) is 11.8 Å². The number of nitrogens with one attached hydrogen (secondary N) is 2. The summed E-state index contributed by atoms with van der Waals surface area (Å²) in [6.45, 7) is -0.347. The van der Waals surface area contributed by atoms with E-state index in [1.807, 2.05) is 60.7 Å². The zero-order valence-corrected chi connectivity index (χ0v) is 22.8. The number of aliphatic hydroxyl groups is 1. The number of para-hydroxylation sites is 1. The van der Waals surface area contributed by atoms with Gasteiger partial charge in [0.1, 0.15) is 11.8 Å². The number of carbonyl (C=O) groups is 3. The van der Waals surface area contributed by atoms with Gasteiger partial charge in [0.2, 0.25) is 17.7 Å². The van der Waals surface area contributed by atoms with Gasteiger partial charge in [-0.3, -0.25) is 14.4 Å². The van der Waals surface area contributed by atoms with Crippen LogP contribution in [0.1, 0.15) is 24.4 Å². The molecule has 1 spiro atoms. The van der Waals surface area contributed by atoms with Gasteiger partial charge >= 0.3 is 0 Å². The second-order valence-electron chi connectivity index (χ2n) is 10.5. The highest BCUT2D eigenvalue weighted by Gasteiger charge is 2.74. The van der Waals surface area contributed by atoms with Gasteiger partial charge in [0.25, 0.3) is 0 Å². The van der Waals surface area contributed by atoms with Crippen LogP contribution < -0.4 is 15.4 Å². The second kappa shape index (κ2) is 10.6. The molecule has 2 unspecified atom stereocenters. The van der Waals surface area contributed by atoms with E-state index in [0.29, 0.717) is 23.5 Å². The Bertz CT molecular complexity index is 1400. The number of fused-ring (bicyclic) bond motifs is 1. The summed E-state index contributed by atoms with van der Waals surface area (Å²) in [5.41, 5.74) is 1.99. The van der Waals surface area contributed by atoms with Crippen LogP contribution in [0.5, 0.6) is 5.75 Å². The SMILES string of the molecule is COc1ccc(NC(=O)C2N([C@H](CO)c3ccccc3)C(=O)[C@@H]3[C@@H](C(=O)Nc4ccccc4)[C@H]4CCC23S4)cc1. The summed E-state index contributed by atoms with van der Waals surface area (Å²) in [6, 6.07) is 23.9.